The van der Waals surface area contributed by atoms with Crippen LogP contribution in [0.15, 0.2) is 11.1 Å². The molecule has 0 amide bonds. The molecule has 0 aromatic heterocycles. The van der Waals surface area contributed by atoms with Crippen molar-refractivity contribution in [3.05, 3.63) is 11.1 Å². The molecule has 0 saturated carbocycles. The maximum atomic E-state index is 5.73. The van der Waals surface area contributed by atoms with Gasteiger partial charge in [-0.25, -0.2) is 0 Å². The van der Waals surface area contributed by atoms with E-state index in [1.807, 2.05) is 7.11 Å². The molecule has 0 spiro atoms. The summed E-state index contributed by atoms with van der Waals surface area (Å²) in [7, 11) is 1.91. The van der Waals surface area contributed by atoms with Crippen molar-refractivity contribution in [1.82, 2.24) is 0 Å². The normalized spacial score (nSPS) is 22.9. The SMILES string of the molecule is C[CH2][Ge]1([O]C)[CH2]C(C)=C(C)[CH2]1. The summed E-state index contributed by atoms with van der Waals surface area (Å²) in [5.41, 5.74) is 3.21. The van der Waals surface area contributed by atoms with Crippen LogP contribution in [0, 0.1) is 0 Å². The van der Waals surface area contributed by atoms with Gasteiger partial charge in [-0.15, -0.1) is 0 Å². The van der Waals surface area contributed by atoms with E-state index in [9.17, 15) is 0 Å². The van der Waals surface area contributed by atoms with E-state index in [0.29, 0.717) is 0 Å². The number of allylic oxidation sites excluding steroid dienone is 2. The molecule has 11 heavy (non-hydrogen) atoms. The summed E-state index contributed by atoms with van der Waals surface area (Å²) in [6, 6.07) is 0. The van der Waals surface area contributed by atoms with Crippen LogP contribution in [0.5, 0.6) is 0 Å². The average Bonchev–Trinajstić information content (AvgIpc) is 2.29. The molecule has 0 saturated heterocycles. The second-order valence-electron chi connectivity index (χ2n) is 3.65. The van der Waals surface area contributed by atoms with Crippen LogP contribution in [0.4, 0.5) is 0 Å². The molecule has 64 valence electrons. The van der Waals surface area contributed by atoms with Crippen molar-refractivity contribution in [2.75, 3.05) is 7.11 Å². The van der Waals surface area contributed by atoms with Crippen molar-refractivity contribution in [1.29, 1.82) is 0 Å². The van der Waals surface area contributed by atoms with Crippen LogP contribution >= 0.6 is 0 Å². The molecule has 0 atom stereocenters. The third-order valence-corrected chi connectivity index (χ3v) is 12.4. The predicted molar refractivity (Wildman–Crippen MR) is 51.2 cm³/mol. The number of hydrogen-bond donors (Lipinski definition) is 0. The zero-order valence-electron chi connectivity index (χ0n) is 8.03. The van der Waals surface area contributed by atoms with Gasteiger partial charge in [0.05, 0.1) is 0 Å². The summed E-state index contributed by atoms with van der Waals surface area (Å²) in [6.45, 7) is 6.81. The van der Waals surface area contributed by atoms with Gasteiger partial charge in [0.1, 0.15) is 0 Å². The van der Waals surface area contributed by atoms with Crippen molar-refractivity contribution >= 4 is 13.6 Å². The third-order valence-electron chi connectivity index (χ3n) is 2.98. The molecule has 1 rings (SSSR count). The minimum atomic E-state index is -1.78. The Balaban J connectivity index is 2.69. The molecule has 0 unspecified atom stereocenters. The Bertz CT molecular complexity index is 164. The van der Waals surface area contributed by atoms with E-state index in [1.165, 1.54) is 15.8 Å². The summed E-state index contributed by atoms with van der Waals surface area (Å²) in [5.74, 6) is 0. The second-order valence-corrected chi connectivity index (χ2v) is 12.4. The first-order valence-electron chi connectivity index (χ1n) is 4.34. The molecule has 1 aliphatic rings. The topological polar surface area (TPSA) is 9.23 Å². The average molecular weight is 215 g/mol. The minimum absolute atomic E-state index is 1.31. The molecule has 2 heteroatoms. The standard InChI is InChI=1S/C9H18GeO/c1-5-10(11-4)6-8(2)9(3)7-10/h5-7H2,1-4H3. The molecule has 0 aromatic rings. The first-order valence-corrected chi connectivity index (χ1v) is 9.64. The summed E-state index contributed by atoms with van der Waals surface area (Å²) >= 11 is -1.78. The molecule has 1 aliphatic heterocycles. The van der Waals surface area contributed by atoms with Gasteiger partial charge in [0.15, 0.2) is 0 Å². The Morgan fingerprint density at radius 1 is 1.27 bits per heavy atom. The molecular formula is C9H18GeO. The molecule has 0 radical (unpaired) electrons. The van der Waals surface area contributed by atoms with Crippen molar-refractivity contribution in [2.45, 2.75) is 36.5 Å². The zero-order valence-corrected chi connectivity index (χ0v) is 10.1. The Labute approximate surface area is 72.5 Å². The summed E-state index contributed by atoms with van der Waals surface area (Å²) in [5, 5.41) is 3.95. The van der Waals surface area contributed by atoms with E-state index in [2.05, 4.69) is 20.8 Å². The fourth-order valence-electron chi connectivity index (χ4n) is 1.87. The molecule has 0 bridgehead atoms. The first-order chi connectivity index (χ1) is 5.13. The van der Waals surface area contributed by atoms with Crippen molar-refractivity contribution < 1.29 is 3.76 Å². The van der Waals surface area contributed by atoms with Crippen LogP contribution < -0.4 is 0 Å². The van der Waals surface area contributed by atoms with Crippen molar-refractivity contribution in [2.24, 2.45) is 0 Å². The monoisotopic (exact) mass is 216 g/mol. The molecule has 1 nitrogen and oxygen atoms in total. The van der Waals surface area contributed by atoms with Crippen LogP contribution in [0.25, 0.3) is 0 Å². The van der Waals surface area contributed by atoms with Crippen LogP contribution in [-0.2, 0) is 3.76 Å². The van der Waals surface area contributed by atoms with E-state index in [0.717, 1.165) is 0 Å². The zero-order chi connectivity index (χ0) is 8.48. The van der Waals surface area contributed by atoms with Gasteiger partial charge in [-0.05, 0) is 0 Å². The van der Waals surface area contributed by atoms with Gasteiger partial charge in [-0.1, -0.05) is 0 Å². The van der Waals surface area contributed by atoms with Crippen LogP contribution in [0.2, 0.25) is 15.8 Å². The Morgan fingerprint density at radius 3 is 1.91 bits per heavy atom. The summed E-state index contributed by atoms with van der Waals surface area (Å²) in [4.78, 5) is 0. The van der Waals surface area contributed by atoms with E-state index in [-0.39, 0.29) is 0 Å². The fraction of sp³-hybridized carbons (Fsp3) is 0.778. The third kappa shape index (κ3) is 1.70. The fourth-order valence-corrected chi connectivity index (χ4v) is 9.71. The van der Waals surface area contributed by atoms with E-state index < -0.39 is 13.6 Å². The maximum absolute atomic E-state index is 5.73. The van der Waals surface area contributed by atoms with Crippen molar-refractivity contribution in [3.8, 4) is 0 Å². The van der Waals surface area contributed by atoms with Crippen LogP contribution in [-0.4, -0.2) is 20.7 Å². The van der Waals surface area contributed by atoms with E-state index >= 15 is 0 Å². The Kier molecular flexibility index (Phi) is 2.81. The summed E-state index contributed by atoms with van der Waals surface area (Å²) < 4.78 is 5.73. The van der Waals surface area contributed by atoms with E-state index in [1.54, 1.807) is 11.1 Å². The molecule has 1 heterocycles. The molecule has 0 fully saturated rings. The van der Waals surface area contributed by atoms with Gasteiger partial charge in [0, 0.05) is 0 Å². The van der Waals surface area contributed by atoms with Gasteiger partial charge in [0.2, 0.25) is 0 Å². The van der Waals surface area contributed by atoms with Gasteiger partial charge >= 0.3 is 72.2 Å². The predicted octanol–water partition coefficient (Wildman–Crippen LogP) is 2.95. The molecule has 0 aromatic carbocycles. The molecule has 0 N–H and O–H groups in total. The Morgan fingerprint density at radius 2 is 1.73 bits per heavy atom. The number of rotatable bonds is 2. The second kappa shape index (κ2) is 3.32. The van der Waals surface area contributed by atoms with Crippen LogP contribution in [0.1, 0.15) is 20.8 Å². The van der Waals surface area contributed by atoms with Crippen molar-refractivity contribution in [3.63, 3.8) is 0 Å². The first kappa shape index (κ1) is 9.33. The van der Waals surface area contributed by atoms with E-state index in [4.69, 9.17) is 3.76 Å². The van der Waals surface area contributed by atoms with Gasteiger partial charge in [0.25, 0.3) is 0 Å². The van der Waals surface area contributed by atoms with Gasteiger partial charge in [-0.3, -0.25) is 0 Å². The van der Waals surface area contributed by atoms with Gasteiger partial charge < -0.3 is 0 Å². The molecule has 0 aliphatic carbocycles. The quantitative estimate of drug-likeness (QED) is 0.508. The van der Waals surface area contributed by atoms with Gasteiger partial charge in [-0.2, -0.15) is 0 Å². The molecular weight excluding hydrogens is 197 g/mol. The summed E-state index contributed by atoms with van der Waals surface area (Å²) in [6.07, 6.45) is 0. The number of hydrogen-bond acceptors (Lipinski definition) is 1. The Hall–Kier alpha value is 0.243. The van der Waals surface area contributed by atoms with Crippen LogP contribution in [0.3, 0.4) is 0 Å².